The summed E-state index contributed by atoms with van der Waals surface area (Å²) in [5.74, 6) is -0.484. The molecule has 310 valence electrons. The SMILES string of the molecule is COc1cc(N)c(C)cc1N.NC(=O)c1ccc(N)cc1.Nc1cc2c(O)c(N)c(S(=O)(=O)O)cc2cc1S(=O)(=O)O.Nc1ccc(N)c2cc(S(=O)(=O)O)ccc12. The van der Waals surface area contributed by atoms with Crippen molar-refractivity contribution in [2.45, 2.75) is 21.6 Å². The van der Waals surface area contributed by atoms with Crippen LogP contribution in [-0.2, 0) is 30.4 Å². The summed E-state index contributed by atoms with van der Waals surface area (Å²) in [5.41, 5.74) is 47.3. The van der Waals surface area contributed by atoms with E-state index in [9.17, 15) is 35.2 Å². The van der Waals surface area contributed by atoms with Gasteiger partial charge in [0.05, 0.1) is 29.1 Å². The lowest BCUT2D eigenvalue weighted by molar-refractivity contribution is 0.1000. The highest BCUT2D eigenvalue weighted by Crippen LogP contribution is 2.39. The molecule has 20 nitrogen and oxygen atoms in total. The number of rotatable bonds is 5. The van der Waals surface area contributed by atoms with E-state index in [1.807, 2.05) is 6.92 Å². The number of anilines is 7. The van der Waals surface area contributed by atoms with Gasteiger partial charge in [-0.1, -0.05) is 6.07 Å². The third-order valence-corrected chi connectivity index (χ3v) is 10.6. The normalized spacial score (nSPS) is 11.3. The van der Waals surface area contributed by atoms with Crippen LogP contribution in [0.2, 0.25) is 0 Å². The molecule has 0 spiro atoms. The van der Waals surface area contributed by atoms with Gasteiger partial charge in [0, 0.05) is 50.5 Å². The fourth-order valence-electron chi connectivity index (χ4n) is 4.94. The quantitative estimate of drug-likeness (QED) is 0.0673. The molecule has 1 amide bonds. The average Bonchev–Trinajstić information content (AvgIpc) is 3.12. The second-order valence-electron chi connectivity index (χ2n) is 12.1. The minimum absolute atomic E-state index is 0.0372. The molecule has 0 fully saturated rings. The van der Waals surface area contributed by atoms with Crippen molar-refractivity contribution in [3.63, 3.8) is 0 Å². The molecular weight excluding hydrogens is 821 g/mol. The van der Waals surface area contributed by atoms with E-state index in [2.05, 4.69) is 0 Å². The number of hydrogen-bond donors (Lipinski definition) is 12. The van der Waals surface area contributed by atoms with Crippen molar-refractivity contribution in [1.82, 2.24) is 0 Å². The summed E-state index contributed by atoms with van der Waals surface area (Å²) in [5, 5.41) is 10.9. The van der Waals surface area contributed by atoms with Gasteiger partial charge in [-0.3, -0.25) is 18.5 Å². The van der Waals surface area contributed by atoms with E-state index in [1.54, 1.807) is 55.6 Å². The minimum atomic E-state index is -4.73. The summed E-state index contributed by atoms with van der Waals surface area (Å²) >= 11 is 0. The first-order chi connectivity index (χ1) is 26.7. The molecule has 0 saturated heterocycles. The molecule has 6 aromatic rings. The number of benzene rings is 6. The number of methoxy groups -OCH3 is 1. The molecule has 0 unspecified atom stereocenters. The van der Waals surface area contributed by atoms with Crippen LogP contribution in [0.5, 0.6) is 11.5 Å². The lowest BCUT2D eigenvalue weighted by Crippen LogP contribution is -2.10. The van der Waals surface area contributed by atoms with Crippen LogP contribution in [0.1, 0.15) is 15.9 Å². The predicted octanol–water partition coefficient (Wildman–Crippen LogP) is 2.99. The molecule has 6 rings (SSSR count). The van der Waals surface area contributed by atoms with Crippen LogP contribution in [0, 0.1) is 6.92 Å². The van der Waals surface area contributed by atoms with Crippen molar-refractivity contribution >= 4 is 97.6 Å². The molecule has 23 heteroatoms. The molecule has 0 saturated carbocycles. The number of ether oxygens (including phenoxy) is 1. The zero-order valence-corrected chi connectivity index (χ0v) is 32.9. The van der Waals surface area contributed by atoms with Gasteiger partial charge in [0.15, 0.2) is 0 Å². The van der Waals surface area contributed by atoms with Crippen molar-refractivity contribution in [2.75, 3.05) is 47.2 Å². The Kier molecular flexibility index (Phi) is 13.8. The molecule has 0 heterocycles. The number of fused-ring (bicyclic) bond motifs is 2. The molecule has 0 aromatic heterocycles. The minimum Gasteiger partial charge on any atom is -0.505 e. The number of amides is 1. The molecule has 58 heavy (non-hydrogen) atoms. The van der Waals surface area contributed by atoms with Crippen LogP contribution >= 0.6 is 0 Å². The largest absolute Gasteiger partial charge is 0.505 e. The molecule has 0 aliphatic heterocycles. The van der Waals surface area contributed by atoms with Gasteiger partial charge in [-0.15, -0.1) is 0 Å². The topological polar surface area (TPSA) is 418 Å². The van der Waals surface area contributed by atoms with Gasteiger partial charge in [-0.25, -0.2) is 0 Å². The molecular formula is C35H40N8O12S3. The maximum absolute atomic E-state index is 11.2. The molecule has 0 radical (unpaired) electrons. The first-order valence-corrected chi connectivity index (χ1v) is 20.2. The Morgan fingerprint density at radius 3 is 1.60 bits per heavy atom. The van der Waals surface area contributed by atoms with Crippen LogP contribution in [-0.4, -0.2) is 57.0 Å². The number of phenolic OH excluding ortho intramolecular Hbond substituents is 1. The molecule has 0 aliphatic carbocycles. The van der Waals surface area contributed by atoms with Gasteiger partial charge < -0.3 is 55.7 Å². The number of carbonyl (C=O) groups is 1. The number of carbonyl (C=O) groups excluding carboxylic acids is 1. The Hall–Kier alpha value is -6.76. The Labute approximate surface area is 332 Å². The molecule has 6 aromatic carbocycles. The van der Waals surface area contributed by atoms with E-state index < -0.39 is 57.5 Å². The third-order valence-electron chi connectivity index (χ3n) is 7.97. The van der Waals surface area contributed by atoms with Gasteiger partial charge in [0.1, 0.15) is 21.3 Å². The summed E-state index contributed by atoms with van der Waals surface area (Å²) in [6.45, 7) is 1.91. The van der Waals surface area contributed by atoms with Gasteiger partial charge in [-0.2, -0.15) is 25.3 Å². The molecule has 0 bridgehead atoms. The van der Waals surface area contributed by atoms with Gasteiger partial charge in [0.2, 0.25) is 5.91 Å². The Morgan fingerprint density at radius 2 is 1.10 bits per heavy atom. The fourth-order valence-corrected chi connectivity index (χ4v) is 6.73. The lowest BCUT2D eigenvalue weighted by atomic mass is 10.1. The maximum Gasteiger partial charge on any atom is 0.296 e. The van der Waals surface area contributed by atoms with Gasteiger partial charge in [-0.05, 0) is 90.7 Å². The first kappa shape index (κ1) is 45.6. The summed E-state index contributed by atoms with van der Waals surface area (Å²) in [6, 6.07) is 20.1. The van der Waals surface area contributed by atoms with E-state index in [-0.39, 0.29) is 21.4 Å². The monoisotopic (exact) mass is 860 g/mol. The van der Waals surface area contributed by atoms with Crippen LogP contribution in [0.4, 0.5) is 39.8 Å². The molecule has 0 aliphatic rings. The smallest absolute Gasteiger partial charge is 0.296 e. The van der Waals surface area contributed by atoms with Crippen molar-refractivity contribution in [2.24, 2.45) is 5.73 Å². The van der Waals surface area contributed by atoms with Crippen LogP contribution in [0.15, 0.2) is 99.6 Å². The zero-order chi connectivity index (χ0) is 44.1. The van der Waals surface area contributed by atoms with E-state index in [0.717, 1.165) is 23.8 Å². The summed E-state index contributed by atoms with van der Waals surface area (Å²) < 4.78 is 98.5. The van der Waals surface area contributed by atoms with E-state index >= 15 is 0 Å². The average molecular weight is 861 g/mol. The molecule has 0 atom stereocenters. The van der Waals surface area contributed by atoms with Crippen LogP contribution < -0.4 is 50.6 Å². The zero-order valence-electron chi connectivity index (χ0n) is 30.5. The fraction of sp³-hybridized carbons (Fsp3) is 0.0571. The number of aromatic hydroxyl groups is 1. The van der Waals surface area contributed by atoms with E-state index in [4.69, 9.17) is 64.3 Å². The molecule has 20 N–H and O–H groups in total. The third kappa shape index (κ3) is 11.2. The van der Waals surface area contributed by atoms with Crippen LogP contribution in [0.25, 0.3) is 21.5 Å². The van der Waals surface area contributed by atoms with Crippen molar-refractivity contribution in [1.29, 1.82) is 0 Å². The van der Waals surface area contributed by atoms with Crippen molar-refractivity contribution in [3.05, 3.63) is 96.1 Å². The lowest BCUT2D eigenvalue weighted by Gasteiger charge is -2.11. The van der Waals surface area contributed by atoms with Crippen molar-refractivity contribution in [3.8, 4) is 11.5 Å². The van der Waals surface area contributed by atoms with E-state index in [1.165, 1.54) is 18.2 Å². The van der Waals surface area contributed by atoms with E-state index in [0.29, 0.717) is 50.5 Å². The Bertz CT molecular complexity index is 2870. The highest BCUT2D eigenvalue weighted by Gasteiger charge is 2.22. The number of primary amides is 1. The first-order valence-electron chi connectivity index (χ1n) is 15.9. The second-order valence-corrected chi connectivity index (χ2v) is 16.3. The summed E-state index contributed by atoms with van der Waals surface area (Å²) in [7, 11) is -12.0. The summed E-state index contributed by atoms with van der Waals surface area (Å²) in [6.07, 6.45) is 0. The Balaban J connectivity index is 0.000000216. The maximum atomic E-state index is 11.2. The van der Waals surface area contributed by atoms with Gasteiger partial charge >= 0.3 is 0 Å². The second kappa shape index (κ2) is 17.6. The number of nitrogens with two attached hydrogens (primary N) is 8. The number of phenols is 1. The highest BCUT2D eigenvalue weighted by molar-refractivity contribution is 7.86. The highest BCUT2D eigenvalue weighted by atomic mass is 32.2. The predicted molar refractivity (Wildman–Crippen MR) is 223 cm³/mol. The van der Waals surface area contributed by atoms with Crippen LogP contribution in [0.3, 0.4) is 0 Å². The van der Waals surface area contributed by atoms with Crippen molar-refractivity contribution < 1.29 is 53.5 Å². The Morgan fingerprint density at radius 1 is 0.569 bits per heavy atom. The number of hydrogen-bond acceptors (Lipinski definition) is 16. The standard InChI is InChI=1S/C10H10N2O7S2.C10H10N2O3S.C8H12N2O.C7H8N2O/c11-6-3-5-4(1-7(6)20(14,15)16)2-8(21(17,18)19)9(12)10(5)13;11-9-3-4-10(12)8-5-6(16(13,14)15)1-2-7(8)9;1-5-3-7(10)8(11-2)4-6(5)9;8-6-3-1-5(2-4-6)7(9)10/h1-3,13H,11-12H2,(H,14,15,16)(H,17,18,19);1-5H,11-12H2,(H,13,14,15);3-4H,9-10H2,1-2H3;1-4H,8H2,(H2,9,10). The number of aryl methyl sites for hydroxylation is 1. The van der Waals surface area contributed by atoms with Gasteiger partial charge in [0.25, 0.3) is 30.4 Å². The summed E-state index contributed by atoms with van der Waals surface area (Å²) in [4.78, 5) is 8.84. The number of nitrogen functional groups attached to an aromatic ring is 7.